The Hall–Kier alpha value is -3.46. The van der Waals surface area contributed by atoms with Crippen LogP contribution in [0.25, 0.3) is 10.9 Å². The number of ether oxygens (including phenoxy) is 1. The van der Waals surface area contributed by atoms with E-state index in [1.807, 2.05) is 18.2 Å². The molecule has 3 N–H and O–H groups in total. The van der Waals surface area contributed by atoms with Gasteiger partial charge in [0.05, 0.1) is 25.4 Å². The third kappa shape index (κ3) is 5.18. The molecule has 0 spiro atoms. The average Bonchev–Trinajstić information content (AvgIpc) is 3.25. The quantitative estimate of drug-likeness (QED) is 0.367. The lowest BCUT2D eigenvalue weighted by molar-refractivity contribution is -0.134. The van der Waals surface area contributed by atoms with E-state index in [1.165, 1.54) is 13.0 Å². The van der Waals surface area contributed by atoms with Crippen LogP contribution in [0.2, 0.25) is 0 Å². The zero-order chi connectivity index (χ0) is 26.7. The van der Waals surface area contributed by atoms with Crippen LogP contribution in [0.1, 0.15) is 63.3 Å². The fourth-order valence-electron chi connectivity index (χ4n) is 5.74. The van der Waals surface area contributed by atoms with Gasteiger partial charge >= 0.3 is 0 Å². The molecule has 2 aromatic carbocycles. The van der Waals surface area contributed by atoms with Crippen LogP contribution in [0, 0.1) is 11.6 Å². The predicted octanol–water partition coefficient (Wildman–Crippen LogP) is 5.20. The number of methoxy groups -OCH3 is 1. The van der Waals surface area contributed by atoms with Crippen molar-refractivity contribution >= 4 is 28.4 Å². The fraction of sp³-hybridized carbons (Fsp3) is 0.429. The number of rotatable bonds is 9. The molecule has 198 valence electrons. The van der Waals surface area contributed by atoms with Gasteiger partial charge in [0.25, 0.3) is 0 Å². The number of anilines is 1. The second kappa shape index (κ2) is 10.9. The Morgan fingerprint density at radius 3 is 2.65 bits per heavy atom. The first-order chi connectivity index (χ1) is 17.7. The second-order valence-electron chi connectivity index (χ2n) is 9.73. The minimum Gasteiger partial charge on any atom is -0.497 e. The first kappa shape index (κ1) is 26.6. The highest BCUT2D eigenvalue weighted by Crippen LogP contribution is 2.49. The number of carbonyl (C=O) groups is 2. The number of carbonyl (C=O) groups excluding carboxylic acids is 2. The Morgan fingerprint density at radius 2 is 2.00 bits per heavy atom. The molecule has 1 aromatic heterocycles. The van der Waals surface area contributed by atoms with Crippen molar-refractivity contribution in [1.82, 2.24) is 9.88 Å². The predicted molar refractivity (Wildman–Crippen MR) is 137 cm³/mol. The van der Waals surface area contributed by atoms with Crippen LogP contribution in [0.4, 0.5) is 14.5 Å². The molecule has 1 aliphatic rings. The van der Waals surface area contributed by atoms with Crippen LogP contribution in [-0.2, 0) is 15.0 Å². The number of hydrogen-bond acceptors (Lipinski definition) is 4. The smallest absolute Gasteiger partial charge is 0.224 e. The number of aromatic nitrogens is 1. The van der Waals surface area contributed by atoms with Crippen molar-refractivity contribution in [3.05, 3.63) is 59.3 Å². The number of amides is 2. The monoisotopic (exact) mass is 513 g/mol. The van der Waals surface area contributed by atoms with Crippen LogP contribution < -0.4 is 10.1 Å². The van der Waals surface area contributed by atoms with Crippen molar-refractivity contribution in [2.75, 3.05) is 25.6 Å². The molecule has 9 heteroatoms. The van der Waals surface area contributed by atoms with Crippen LogP contribution in [-0.4, -0.2) is 47.1 Å². The van der Waals surface area contributed by atoms with Gasteiger partial charge in [0.2, 0.25) is 11.8 Å². The third-order valence-corrected chi connectivity index (χ3v) is 7.32. The Labute approximate surface area is 214 Å². The average molecular weight is 514 g/mol. The summed E-state index contributed by atoms with van der Waals surface area (Å²) in [7, 11) is 1.60. The third-order valence-electron chi connectivity index (χ3n) is 7.32. The van der Waals surface area contributed by atoms with Crippen molar-refractivity contribution in [2.24, 2.45) is 0 Å². The Bertz CT molecular complexity index is 1310. The van der Waals surface area contributed by atoms with E-state index in [1.54, 1.807) is 12.0 Å². The number of fused-ring (bicyclic) bond motifs is 3. The molecule has 1 aliphatic heterocycles. The molecule has 0 saturated heterocycles. The summed E-state index contributed by atoms with van der Waals surface area (Å²) in [4.78, 5) is 30.4. The minimum absolute atomic E-state index is 0.0613. The van der Waals surface area contributed by atoms with Gasteiger partial charge < -0.3 is 25.0 Å². The molecule has 4 rings (SSSR count). The molecule has 0 aliphatic carbocycles. The van der Waals surface area contributed by atoms with Gasteiger partial charge in [-0.05, 0) is 49.1 Å². The van der Waals surface area contributed by atoms with Crippen molar-refractivity contribution in [2.45, 2.75) is 57.4 Å². The van der Waals surface area contributed by atoms with E-state index in [-0.39, 0.29) is 30.5 Å². The number of hydrogen-bond donors (Lipinski definition) is 3. The van der Waals surface area contributed by atoms with Crippen LogP contribution in [0.15, 0.2) is 36.4 Å². The van der Waals surface area contributed by atoms with E-state index in [0.717, 1.165) is 47.1 Å². The molecular weight excluding hydrogens is 480 g/mol. The molecule has 0 bridgehead atoms. The Morgan fingerprint density at radius 1 is 1.22 bits per heavy atom. The normalized spacial score (nSPS) is 19.1. The lowest BCUT2D eigenvalue weighted by Crippen LogP contribution is -2.50. The Kier molecular flexibility index (Phi) is 7.82. The molecule has 2 amide bonds. The summed E-state index contributed by atoms with van der Waals surface area (Å²) >= 11 is 0. The highest BCUT2D eigenvalue weighted by atomic mass is 19.1. The van der Waals surface area contributed by atoms with Crippen LogP contribution in [0.3, 0.4) is 0 Å². The van der Waals surface area contributed by atoms with Gasteiger partial charge in [0.1, 0.15) is 17.4 Å². The van der Waals surface area contributed by atoms with E-state index < -0.39 is 23.1 Å². The number of halogens is 2. The maximum atomic E-state index is 14.0. The van der Waals surface area contributed by atoms with Gasteiger partial charge in [-0.1, -0.05) is 13.3 Å². The van der Waals surface area contributed by atoms with Gasteiger partial charge in [-0.3, -0.25) is 9.59 Å². The summed E-state index contributed by atoms with van der Waals surface area (Å²) in [5.41, 5.74) is 2.22. The van der Waals surface area contributed by atoms with Crippen molar-refractivity contribution in [3.8, 4) is 5.75 Å². The maximum Gasteiger partial charge on any atom is 0.224 e. The second-order valence-corrected chi connectivity index (χ2v) is 9.73. The molecule has 2 unspecified atom stereocenters. The molecule has 37 heavy (non-hydrogen) atoms. The molecule has 7 nitrogen and oxygen atoms in total. The zero-order valence-corrected chi connectivity index (χ0v) is 21.4. The molecule has 0 fully saturated rings. The zero-order valence-electron chi connectivity index (χ0n) is 21.4. The van der Waals surface area contributed by atoms with Gasteiger partial charge in [-0.15, -0.1) is 0 Å². The molecule has 3 aromatic rings. The van der Waals surface area contributed by atoms with E-state index in [2.05, 4.69) is 17.2 Å². The largest absolute Gasteiger partial charge is 0.497 e. The van der Waals surface area contributed by atoms with Gasteiger partial charge in [0, 0.05) is 54.0 Å². The SMILES string of the molecule is CCCC1(CCCC(=O)Nc2ccc(F)cc2F)CN(C(C)=O)C(CO)c2[nH]c3cc(OC)ccc3c21. The number of benzene rings is 2. The molecule has 2 atom stereocenters. The summed E-state index contributed by atoms with van der Waals surface area (Å²) in [6, 6.07) is 8.32. The lowest BCUT2D eigenvalue weighted by Gasteiger charge is -2.47. The summed E-state index contributed by atoms with van der Waals surface area (Å²) in [5, 5.41) is 13.8. The van der Waals surface area contributed by atoms with E-state index >= 15 is 0 Å². The number of aromatic amines is 1. The van der Waals surface area contributed by atoms with E-state index in [9.17, 15) is 23.5 Å². The maximum absolute atomic E-state index is 14.0. The summed E-state index contributed by atoms with van der Waals surface area (Å²) in [6.07, 6.45) is 2.86. The van der Waals surface area contributed by atoms with Gasteiger partial charge in [0.15, 0.2) is 0 Å². The number of aliphatic hydroxyl groups excluding tert-OH is 1. The number of nitrogens with zero attached hydrogens (tertiary/aromatic N) is 1. The van der Waals surface area contributed by atoms with Crippen molar-refractivity contribution < 1.29 is 28.2 Å². The summed E-state index contributed by atoms with van der Waals surface area (Å²) in [6.45, 7) is 3.78. The minimum atomic E-state index is -0.825. The van der Waals surface area contributed by atoms with Gasteiger partial charge in [-0.2, -0.15) is 0 Å². The highest BCUT2D eigenvalue weighted by molar-refractivity contribution is 5.91. The molecule has 2 heterocycles. The summed E-state index contributed by atoms with van der Waals surface area (Å²) in [5.74, 6) is -1.34. The molecule has 0 radical (unpaired) electrons. The van der Waals surface area contributed by atoms with Crippen molar-refractivity contribution in [1.29, 1.82) is 0 Å². The first-order valence-electron chi connectivity index (χ1n) is 12.6. The summed E-state index contributed by atoms with van der Waals surface area (Å²) < 4.78 is 32.6. The first-order valence-corrected chi connectivity index (χ1v) is 12.6. The van der Waals surface area contributed by atoms with Crippen LogP contribution >= 0.6 is 0 Å². The van der Waals surface area contributed by atoms with Crippen molar-refractivity contribution in [3.63, 3.8) is 0 Å². The fourth-order valence-corrected chi connectivity index (χ4v) is 5.74. The topological polar surface area (TPSA) is 94.7 Å². The number of aliphatic hydroxyl groups is 1. The van der Waals surface area contributed by atoms with E-state index in [4.69, 9.17) is 4.74 Å². The number of nitrogens with one attached hydrogen (secondary N) is 2. The standard InChI is InChI=1S/C28H33F2N3O4/c1-4-11-28(12-5-6-25(36)31-22-10-7-18(29)13-21(22)30)16-33(17(2)35)24(15-34)27-26(28)20-9-8-19(37-3)14-23(20)32-27/h7-10,13-14,24,32,34H,4-6,11-12,15-16H2,1-3H3,(H,31,36). The van der Waals surface area contributed by atoms with Crippen LogP contribution in [0.5, 0.6) is 5.75 Å². The number of H-pyrrole nitrogens is 1. The highest BCUT2D eigenvalue weighted by Gasteiger charge is 2.46. The lowest BCUT2D eigenvalue weighted by atomic mass is 9.68. The van der Waals surface area contributed by atoms with Gasteiger partial charge in [-0.25, -0.2) is 8.78 Å². The van der Waals surface area contributed by atoms with E-state index in [0.29, 0.717) is 25.1 Å². The molecule has 0 saturated carbocycles. The Balaban J connectivity index is 1.66. The molecular formula is C28H33F2N3O4.